The minimum atomic E-state index is -4.92. The van der Waals surface area contributed by atoms with Gasteiger partial charge in [-0.05, 0) is 18.4 Å². The van der Waals surface area contributed by atoms with Crippen LogP contribution in [0, 0.1) is 0 Å². The zero-order valence-electron chi connectivity index (χ0n) is 8.73. The Balaban J connectivity index is 0.000000188. The summed E-state index contributed by atoms with van der Waals surface area (Å²) in [5.41, 5.74) is 1.18. The van der Waals surface area contributed by atoms with E-state index in [4.69, 9.17) is 21.7 Å². The van der Waals surface area contributed by atoms with Crippen molar-refractivity contribution in [2.45, 2.75) is 28.9 Å². The quantitative estimate of drug-likeness (QED) is 0.441. The predicted molar refractivity (Wildman–Crippen MR) is 60.9 cm³/mol. The number of hydrogen-bond donors (Lipinski definition) is 1. The van der Waals surface area contributed by atoms with Crippen LogP contribution < -0.4 is 0 Å². The minimum absolute atomic E-state index is 0.133. The highest BCUT2D eigenvalue weighted by atomic mass is 32.3. The molecule has 1 aromatic rings. The van der Waals surface area contributed by atoms with Gasteiger partial charge in [-0.15, -0.1) is 0 Å². The SMILES string of the molecule is C[C@H]1C[C@H]2O[S+]1(=O)c1sccc12.O=S(=O)([O-])O. The molecule has 6 nitrogen and oxygen atoms in total. The summed E-state index contributed by atoms with van der Waals surface area (Å²) in [4.78, 5) is 0. The van der Waals surface area contributed by atoms with Crippen LogP contribution >= 0.6 is 11.3 Å². The largest absolute Gasteiger partial charge is 0.726 e. The second-order valence-electron chi connectivity index (χ2n) is 3.77. The van der Waals surface area contributed by atoms with Crippen LogP contribution in [0.1, 0.15) is 25.0 Å². The molecular weight excluding hydrogens is 288 g/mol. The van der Waals surface area contributed by atoms with Gasteiger partial charge in [-0.3, -0.25) is 4.55 Å². The first-order valence-corrected chi connectivity index (χ1v) is 8.48. The molecule has 0 spiro atoms. The lowest BCUT2D eigenvalue weighted by molar-refractivity contribution is 0.259. The van der Waals surface area contributed by atoms with E-state index in [9.17, 15) is 4.21 Å². The molecule has 1 fully saturated rings. The summed E-state index contributed by atoms with van der Waals surface area (Å²) in [5, 5.41) is 2.23. The normalized spacial score (nSPS) is 34.1. The van der Waals surface area contributed by atoms with E-state index in [-0.39, 0.29) is 11.4 Å². The summed E-state index contributed by atoms with van der Waals surface area (Å²) in [5.74, 6) is 0. The van der Waals surface area contributed by atoms with Crippen molar-refractivity contribution in [1.82, 2.24) is 0 Å². The first-order valence-electron chi connectivity index (χ1n) is 4.69. The zero-order chi connectivity index (χ0) is 12.8. The van der Waals surface area contributed by atoms with Crippen LogP contribution in [-0.4, -0.2) is 22.8 Å². The molecule has 96 valence electrons. The van der Waals surface area contributed by atoms with Gasteiger partial charge < -0.3 is 4.55 Å². The van der Waals surface area contributed by atoms with Crippen molar-refractivity contribution in [3.63, 3.8) is 0 Å². The Morgan fingerprint density at radius 1 is 1.65 bits per heavy atom. The van der Waals surface area contributed by atoms with Crippen LogP contribution in [0.2, 0.25) is 0 Å². The Kier molecular flexibility index (Phi) is 3.17. The van der Waals surface area contributed by atoms with Crippen molar-refractivity contribution in [3.8, 4) is 0 Å². The van der Waals surface area contributed by atoms with Crippen molar-refractivity contribution in [1.29, 1.82) is 0 Å². The van der Waals surface area contributed by atoms with Crippen molar-refractivity contribution in [2.75, 3.05) is 0 Å². The lowest BCUT2D eigenvalue weighted by Gasteiger charge is -2.04. The fraction of sp³-hybridized carbons (Fsp3) is 0.500. The molecule has 1 saturated heterocycles. The highest BCUT2D eigenvalue weighted by Crippen LogP contribution is 2.55. The molecular formula is C8H10O6S3. The first-order chi connectivity index (χ1) is 7.72. The second kappa shape index (κ2) is 4.11. The molecule has 1 unspecified atom stereocenters. The summed E-state index contributed by atoms with van der Waals surface area (Å²) >= 11 is 1.58. The molecule has 3 atom stereocenters. The third-order valence-corrected chi connectivity index (χ3v) is 6.83. The van der Waals surface area contributed by atoms with Crippen molar-refractivity contribution in [3.05, 3.63) is 17.0 Å². The van der Waals surface area contributed by atoms with E-state index in [0.717, 1.165) is 10.6 Å². The smallest absolute Gasteiger partial charge is 0.264 e. The third kappa shape index (κ3) is 2.44. The number of fused-ring (bicyclic) bond motifs is 5. The first kappa shape index (κ1) is 13.1. The molecule has 0 amide bonds. The summed E-state index contributed by atoms with van der Waals surface area (Å²) < 4.78 is 51.6. The average molecular weight is 298 g/mol. The van der Waals surface area contributed by atoms with E-state index in [1.807, 2.05) is 18.4 Å². The second-order valence-corrected chi connectivity index (χ2v) is 8.29. The van der Waals surface area contributed by atoms with Gasteiger partial charge in [0.25, 0.3) is 14.4 Å². The van der Waals surface area contributed by atoms with Crippen LogP contribution in [0.25, 0.3) is 0 Å². The summed E-state index contributed by atoms with van der Waals surface area (Å²) in [6, 6.07) is 2.04. The lowest BCUT2D eigenvalue weighted by atomic mass is 10.1. The van der Waals surface area contributed by atoms with Gasteiger partial charge in [0.2, 0.25) is 10.4 Å². The maximum Gasteiger partial charge on any atom is 0.264 e. The van der Waals surface area contributed by atoms with E-state index in [0.29, 0.717) is 0 Å². The van der Waals surface area contributed by atoms with Gasteiger partial charge in [-0.2, -0.15) is 4.18 Å². The molecule has 3 heterocycles. The molecule has 2 aliphatic rings. The fourth-order valence-electron chi connectivity index (χ4n) is 1.92. The Labute approximate surface area is 104 Å². The van der Waals surface area contributed by atoms with Crippen LogP contribution in [0.4, 0.5) is 0 Å². The fourth-order valence-corrected chi connectivity index (χ4v) is 6.03. The van der Waals surface area contributed by atoms with Crippen LogP contribution in [0.5, 0.6) is 0 Å². The molecule has 1 aromatic heterocycles. The summed E-state index contributed by atoms with van der Waals surface area (Å²) in [6.07, 6.45) is 1.07. The zero-order valence-corrected chi connectivity index (χ0v) is 11.2. The maximum absolute atomic E-state index is 12.2. The third-order valence-electron chi connectivity index (χ3n) is 2.60. The van der Waals surface area contributed by atoms with Crippen LogP contribution in [-0.2, 0) is 29.0 Å². The molecule has 2 aliphatic heterocycles. The highest BCUT2D eigenvalue weighted by Gasteiger charge is 2.60. The molecule has 17 heavy (non-hydrogen) atoms. The minimum Gasteiger partial charge on any atom is -0.726 e. The van der Waals surface area contributed by atoms with Gasteiger partial charge in [0.05, 0.1) is 5.56 Å². The lowest BCUT2D eigenvalue weighted by Crippen LogP contribution is -2.18. The monoisotopic (exact) mass is 298 g/mol. The van der Waals surface area contributed by atoms with Gasteiger partial charge >= 0.3 is 0 Å². The number of thiophene rings is 1. The maximum atomic E-state index is 12.2. The topological polar surface area (TPSA) is 104 Å². The Morgan fingerprint density at radius 3 is 2.82 bits per heavy atom. The van der Waals surface area contributed by atoms with E-state index >= 15 is 0 Å². The predicted octanol–water partition coefficient (Wildman–Crippen LogP) is 1.39. The van der Waals surface area contributed by atoms with E-state index in [1.165, 1.54) is 5.56 Å². The Bertz CT molecular complexity index is 566. The molecule has 1 N–H and O–H groups in total. The molecule has 0 aliphatic carbocycles. The highest BCUT2D eigenvalue weighted by molar-refractivity contribution is 8.01. The van der Waals surface area contributed by atoms with E-state index < -0.39 is 20.6 Å². The van der Waals surface area contributed by atoms with E-state index in [1.54, 1.807) is 11.3 Å². The summed E-state index contributed by atoms with van der Waals surface area (Å²) in [6.45, 7) is 2.02. The van der Waals surface area contributed by atoms with Gasteiger partial charge in [-0.1, -0.05) is 15.5 Å². The van der Waals surface area contributed by atoms with Crippen LogP contribution in [0.15, 0.2) is 15.7 Å². The van der Waals surface area contributed by atoms with Crippen molar-refractivity contribution in [2.24, 2.45) is 0 Å². The number of rotatable bonds is 0. The molecule has 3 rings (SSSR count). The molecule has 2 bridgehead atoms. The van der Waals surface area contributed by atoms with Gasteiger partial charge in [0.15, 0.2) is 5.25 Å². The van der Waals surface area contributed by atoms with Crippen LogP contribution in [0.3, 0.4) is 0 Å². The van der Waals surface area contributed by atoms with Crippen molar-refractivity contribution < 1.29 is 25.9 Å². The van der Waals surface area contributed by atoms with E-state index in [2.05, 4.69) is 0 Å². The number of hydrogen-bond acceptors (Lipinski definition) is 6. The average Bonchev–Trinajstić information content (AvgIpc) is 2.73. The molecule has 9 heteroatoms. The van der Waals surface area contributed by atoms with Gasteiger partial charge in [0.1, 0.15) is 6.10 Å². The summed E-state index contributed by atoms with van der Waals surface area (Å²) in [7, 11) is -7.01. The van der Waals surface area contributed by atoms with Crippen molar-refractivity contribution >= 4 is 31.9 Å². The molecule has 0 aromatic carbocycles. The Hall–Kier alpha value is -0.320. The molecule has 0 radical (unpaired) electrons. The molecule has 0 saturated carbocycles. The van der Waals surface area contributed by atoms with Gasteiger partial charge in [-0.25, -0.2) is 8.42 Å². The Morgan fingerprint density at radius 2 is 2.24 bits per heavy atom. The standard InChI is InChI=1S/C8H9O2S2.H2O4S/c1-5-4-7-6-2-3-11-8(6)12(5,9)10-7;1-5(2,3)4/h2-3,5,7H,4H2,1H3;(H2,1,2,3,4)/q+1;/p-1/t5-,7+,12?;/m0./s1. The van der Waals surface area contributed by atoms with Gasteiger partial charge in [0, 0.05) is 6.42 Å².